The standard InChI is InChI=1S/C21H22FNO3S/c1-12(2)10-17-13(3)18(9-8-16(17)21(25)26)23-19(24)11-27-20(23)14-4-6-15(22)7-5-14/h4-9,12,20H,10-11H2,1-3H3,(H,25,26). The second kappa shape index (κ2) is 7.72. The number of amides is 1. The van der Waals surface area contributed by atoms with Crippen LogP contribution in [0.25, 0.3) is 0 Å². The Morgan fingerprint density at radius 2 is 1.93 bits per heavy atom. The van der Waals surface area contributed by atoms with Crippen molar-refractivity contribution in [3.63, 3.8) is 0 Å². The van der Waals surface area contributed by atoms with E-state index >= 15 is 0 Å². The number of halogens is 1. The van der Waals surface area contributed by atoms with Crippen LogP contribution in [-0.2, 0) is 11.2 Å². The topological polar surface area (TPSA) is 57.6 Å². The van der Waals surface area contributed by atoms with E-state index < -0.39 is 5.97 Å². The van der Waals surface area contributed by atoms with Gasteiger partial charge >= 0.3 is 5.97 Å². The molecule has 0 saturated carbocycles. The maximum absolute atomic E-state index is 13.3. The number of carbonyl (C=O) groups is 2. The van der Waals surface area contributed by atoms with Crippen molar-refractivity contribution in [1.29, 1.82) is 0 Å². The van der Waals surface area contributed by atoms with Gasteiger partial charge in [0, 0.05) is 5.69 Å². The van der Waals surface area contributed by atoms with Gasteiger partial charge in [0.2, 0.25) is 5.91 Å². The van der Waals surface area contributed by atoms with Gasteiger partial charge in [-0.3, -0.25) is 9.69 Å². The summed E-state index contributed by atoms with van der Waals surface area (Å²) in [6, 6.07) is 9.45. The predicted molar refractivity (Wildman–Crippen MR) is 106 cm³/mol. The number of hydrogen-bond acceptors (Lipinski definition) is 3. The first-order valence-corrected chi connectivity index (χ1v) is 9.89. The SMILES string of the molecule is Cc1c(N2C(=O)CSC2c2ccc(F)cc2)ccc(C(=O)O)c1CC(C)C. The molecule has 2 aromatic rings. The maximum atomic E-state index is 13.3. The van der Waals surface area contributed by atoms with Crippen molar-refractivity contribution in [2.24, 2.45) is 5.92 Å². The molecule has 1 heterocycles. The third kappa shape index (κ3) is 3.86. The third-order valence-electron chi connectivity index (χ3n) is 4.70. The molecular formula is C21H22FNO3S. The summed E-state index contributed by atoms with van der Waals surface area (Å²) >= 11 is 1.49. The Morgan fingerprint density at radius 1 is 1.26 bits per heavy atom. The molecule has 1 amide bonds. The van der Waals surface area contributed by atoms with Crippen LogP contribution in [0.15, 0.2) is 36.4 Å². The number of anilines is 1. The molecule has 1 saturated heterocycles. The summed E-state index contributed by atoms with van der Waals surface area (Å²) in [6.07, 6.45) is 0.623. The number of nitrogens with zero attached hydrogens (tertiary/aromatic N) is 1. The lowest BCUT2D eigenvalue weighted by Crippen LogP contribution is -2.29. The minimum Gasteiger partial charge on any atom is -0.478 e. The quantitative estimate of drug-likeness (QED) is 0.800. The fourth-order valence-electron chi connectivity index (χ4n) is 3.44. The highest BCUT2D eigenvalue weighted by Crippen LogP contribution is 2.43. The molecule has 0 aliphatic carbocycles. The van der Waals surface area contributed by atoms with Crippen molar-refractivity contribution in [2.45, 2.75) is 32.6 Å². The summed E-state index contributed by atoms with van der Waals surface area (Å²) in [5.74, 6) is -0.690. The molecule has 1 unspecified atom stereocenters. The zero-order valence-corrected chi connectivity index (χ0v) is 16.3. The minimum atomic E-state index is -0.961. The number of aromatic carboxylic acids is 1. The lowest BCUT2D eigenvalue weighted by molar-refractivity contribution is -0.115. The molecule has 0 aromatic heterocycles. The fraction of sp³-hybridized carbons (Fsp3) is 0.333. The smallest absolute Gasteiger partial charge is 0.335 e. The van der Waals surface area contributed by atoms with Crippen molar-refractivity contribution >= 4 is 29.3 Å². The van der Waals surface area contributed by atoms with Crippen LogP contribution >= 0.6 is 11.8 Å². The van der Waals surface area contributed by atoms with E-state index in [0.717, 1.165) is 22.4 Å². The van der Waals surface area contributed by atoms with E-state index in [2.05, 4.69) is 0 Å². The Bertz CT molecular complexity index is 880. The minimum absolute atomic E-state index is 0.0315. The van der Waals surface area contributed by atoms with Crippen molar-refractivity contribution in [1.82, 2.24) is 0 Å². The molecule has 0 bridgehead atoms. The van der Waals surface area contributed by atoms with Crippen molar-refractivity contribution < 1.29 is 19.1 Å². The van der Waals surface area contributed by atoms with Gasteiger partial charge in [0.05, 0.1) is 11.3 Å². The molecular weight excluding hydrogens is 365 g/mol. The van der Waals surface area contributed by atoms with Crippen LogP contribution in [0.1, 0.15) is 46.3 Å². The van der Waals surface area contributed by atoms with E-state index in [9.17, 15) is 19.1 Å². The highest BCUT2D eigenvalue weighted by Gasteiger charge is 2.35. The van der Waals surface area contributed by atoms with Crippen LogP contribution in [0.5, 0.6) is 0 Å². The van der Waals surface area contributed by atoms with Crippen LogP contribution < -0.4 is 4.90 Å². The summed E-state index contributed by atoms with van der Waals surface area (Å²) in [4.78, 5) is 26.0. The zero-order valence-electron chi connectivity index (χ0n) is 15.5. The van der Waals surface area contributed by atoms with E-state index in [-0.39, 0.29) is 28.6 Å². The number of benzene rings is 2. The van der Waals surface area contributed by atoms with Gasteiger partial charge in [-0.2, -0.15) is 0 Å². The first-order chi connectivity index (χ1) is 12.8. The van der Waals surface area contributed by atoms with Crippen LogP contribution in [0, 0.1) is 18.7 Å². The van der Waals surface area contributed by atoms with Gasteiger partial charge in [0.1, 0.15) is 11.2 Å². The Balaban J connectivity index is 2.08. The average Bonchev–Trinajstić information content (AvgIpc) is 2.98. The van der Waals surface area contributed by atoms with Crippen molar-refractivity contribution in [3.05, 3.63) is 64.5 Å². The largest absolute Gasteiger partial charge is 0.478 e. The highest BCUT2D eigenvalue weighted by molar-refractivity contribution is 8.00. The van der Waals surface area contributed by atoms with Gasteiger partial charge in [-0.05, 0) is 60.2 Å². The monoisotopic (exact) mass is 387 g/mol. The molecule has 1 N–H and O–H groups in total. The lowest BCUT2D eigenvalue weighted by atomic mass is 9.92. The molecule has 1 atom stereocenters. The maximum Gasteiger partial charge on any atom is 0.335 e. The fourth-order valence-corrected chi connectivity index (χ4v) is 4.60. The summed E-state index contributed by atoms with van der Waals surface area (Å²) in [7, 11) is 0. The normalized spacial score (nSPS) is 17.0. The van der Waals surface area contributed by atoms with Crippen LogP contribution in [-0.4, -0.2) is 22.7 Å². The summed E-state index contributed by atoms with van der Waals surface area (Å²) in [6.45, 7) is 5.95. The summed E-state index contributed by atoms with van der Waals surface area (Å²) in [5, 5.41) is 9.30. The Morgan fingerprint density at radius 3 is 2.52 bits per heavy atom. The van der Waals surface area contributed by atoms with E-state index in [0.29, 0.717) is 12.2 Å². The molecule has 0 radical (unpaired) electrons. The second-order valence-corrected chi connectivity index (χ2v) is 8.19. The highest BCUT2D eigenvalue weighted by atomic mass is 32.2. The number of carboxylic acid groups (broad SMARTS) is 1. The average molecular weight is 387 g/mol. The first-order valence-electron chi connectivity index (χ1n) is 8.84. The molecule has 1 aliphatic rings. The molecule has 27 heavy (non-hydrogen) atoms. The van der Waals surface area contributed by atoms with Crippen molar-refractivity contribution in [3.8, 4) is 0 Å². The number of carbonyl (C=O) groups excluding carboxylic acids is 1. The third-order valence-corrected chi connectivity index (χ3v) is 5.91. The van der Waals surface area contributed by atoms with Gasteiger partial charge in [0.25, 0.3) is 0 Å². The molecule has 3 rings (SSSR count). The van der Waals surface area contributed by atoms with Gasteiger partial charge in [-0.15, -0.1) is 11.8 Å². The van der Waals surface area contributed by atoms with Crippen LogP contribution in [0.2, 0.25) is 0 Å². The van der Waals surface area contributed by atoms with Gasteiger partial charge in [0.15, 0.2) is 0 Å². The van der Waals surface area contributed by atoms with E-state index in [1.54, 1.807) is 29.2 Å². The Hall–Kier alpha value is -2.34. The molecule has 0 spiro atoms. The molecule has 4 nitrogen and oxygen atoms in total. The van der Waals surface area contributed by atoms with E-state index in [1.807, 2.05) is 20.8 Å². The summed E-state index contributed by atoms with van der Waals surface area (Å²) in [5.41, 5.74) is 3.42. The van der Waals surface area contributed by atoms with Gasteiger partial charge < -0.3 is 5.11 Å². The van der Waals surface area contributed by atoms with Crippen molar-refractivity contribution in [2.75, 3.05) is 10.7 Å². The second-order valence-electron chi connectivity index (χ2n) is 7.12. The number of hydrogen-bond donors (Lipinski definition) is 1. The number of rotatable bonds is 5. The number of thioether (sulfide) groups is 1. The molecule has 142 valence electrons. The van der Waals surface area contributed by atoms with Gasteiger partial charge in [-0.1, -0.05) is 26.0 Å². The zero-order chi connectivity index (χ0) is 19.7. The summed E-state index contributed by atoms with van der Waals surface area (Å²) < 4.78 is 13.3. The first kappa shape index (κ1) is 19.4. The van der Waals surface area contributed by atoms with Crippen LogP contribution in [0.4, 0.5) is 10.1 Å². The predicted octanol–water partition coefficient (Wildman–Crippen LogP) is 4.81. The molecule has 1 aliphatic heterocycles. The molecule has 6 heteroatoms. The molecule has 1 fully saturated rings. The van der Waals surface area contributed by atoms with E-state index in [1.165, 1.54) is 23.9 Å². The number of carboxylic acids is 1. The molecule has 2 aromatic carbocycles. The Kier molecular flexibility index (Phi) is 5.56. The van der Waals surface area contributed by atoms with Crippen LogP contribution in [0.3, 0.4) is 0 Å². The lowest BCUT2D eigenvalue weighted by Gasteiger charge is -2.28. The van der Waals surface area contributed by atoms with Gasteiger partial charge in [-0.25, -0.2) is 9.18 Å². The Labute approximate surface area is 162 Å². The van der Waals surface area contributed by atoms with E-state index in [4.69, 9.17) is 0 Å².